The van der Waals surface area contributed by atoms with E-state index in [1.54, 1.807) is 0 Å². The van der Waals surface area contributed by atoms with Crippen LogP contribution in [-0.4, -0.2) is 16.3 Å². The molecule has 1 aromatic heterocycles. The van der Waals surface area contributed by atoms with E-state index in [4.69, 9.17) is 0 Å². The molecule has 1 heterocycles. The number of nitrogens with one attached hydrogen (secondary N) is 1. The molecule has 0 unspecified atom stereocenters. The van der Waals surface area contributed by atoms with Crippen molar-refractivity contribution < 1.29 is 22.4 Å². The van der Waals surface area contributed by atoms with Crippen LogP contribution in [0, 0.1) is 5.82 Å². The van der Waals surface area contributed by atoms with Gasteiger partial charge < -0.3 is 10.1 Å². The van der Waals surface area contributed by atoms with Crippen molar-refractivity contribution in [3.63, 3.8) is 0 Å². The molecule has 0 aliphatic rings. The fourth-order valence-electron chi connectivity index (χ4n) is 1.65. The summed E-state index contributed by atoms with van der Waals surface area (Å²) >= 11 is 0. The lowest BCUT2D eigenvalue weighted by atomic mass is 10.2. The average molecular weight is 299 g/mol. The van der Waals surface area contributed by atoms with Crippen LogP contribution in [0.1, 0.15) is 11.3 Å². The Kier molecular flexibility index (Phi) is 4.15. The summed E-state index contributed by atoms with van der Waals surface area (Å²) in [5.74, 6) is -0.879. The maximum atomic E-state index is 13.0. The number of rotatable bonds is 4. The first-order valence-electron chi connectivity index (χ1n) is 5.79. The SMILES string of the molecule is O=CCc1cnc(Nc2cccc(F)c2)nc1C(F)(F)F. The Morgan fingerprint density at radius 3 is 2.67 bits per heavy atom. The quantitative estimate of drug-likeness (QED) is 0.696. The highest BCUT2D eigenvalue weighted by molar-refractivity contribution is 5.57. The second-order valence-electron chi connectivity index (χ2n) is 4.07. The minimum Gasteiger partial charge on any atom is -0.324 e. The van der Waals surface area contributed by atoms with Crippen molar-refractivity contribution in [2.24, 2.45) is 0 Å². The van der Waals surface area contributed by atoms with Gasteiger partial charge in [0.15, 0.2) is 5.69 Å². The lowest BCUT2D eigenvalue weighted by Crippen LogP contribution is -2.14. The number of aromatic nitrogens is 2. The highest BCUT2D eigenvalue weighted by atomic mass is 19.4. The molecule has 0 saturated heterocycles. The number of hydrogen-bond donors (Lipinski definition) is 1. The van der Waals surface area contributed by atoms with E-state index in [1.807, 2.05) is 0 Å². The number of aldehydes is 1. The number of hydrogen-bond acceptors (Lipinski definition) is 4. The zero-order chi connectivity index (χ0) is 15.5. The fourth-order valence-corrected chi connectivity index (χ4v) is 1.65. The summed E-state index contributed by atoms with van der Waals surface area (Å²) in [5.41, 5.74) is -1.29. The third-order valence-electron chi connectivity index (χ3n) is 2.52. The lowest BCUT2D eigenvalue weighted by Gasteiger charge is -2.12. The van der Waals surface area contributed by atoms with Crippen molar-refractivity contribution in [2.75, 3.05) is 5.32 Å². The Hall–Kier alpha value is -2.51. The zero-order valence-electron chi connectivity index (χ0n) is 10.5. The van der Waals surface area contributed by atoms with Crippen molar-refractivity contribution in [1.82, 2.24) is 9.97 Å². The van der Waals surface area contributed by atoms with Crippen LogP contribution in [0.5, 0.6) is 0 Å². The molecule has 0 aliphatic carbocycles. The maximum absolute atomic E-state index is 13.0. The normalized spacial score (nSPS) is 11.2. The highest BCUT2D eigenvalue weighted by Gasteiger charge is 2.35. The van der Waals surface area contributed by atoms with E-state index in [0.717, 1.165) is 12.3 Å². The van der Waals surface area contributed by atoms with Gasteiger partial charge in [-0.15, -0.1) is 0 Å². The van der Waals surface area contributed by atoms with Gasteiger partial charge in [0.25, 0.3) is 0 Å². The second-order valence-corrected chi connectivity index (χ2v) is 4.07. The zero-order valence-corrected chi connectivity index (χ0v) is 10.5. The summed E-state index contributed by atoms with van der Waals surface area (Å²) in [6.07, 6.45) is -3.88. The number of carbonyl (C=O) groups is 1. The third-order valence-corrected chi connectivity index (χ3v) is 2.52. The summed E-state index contributed by atoms with van der Waals surface area (Å²) in [5, 5.41) is 2.48. The van der Waals surface area contributed by atoms with Crippen LogP contribution in [0.25, 0.3) is 0 Å². The average Bonchev–Trinajstić information content (AvgIpc) is 2.39. The smallest absolute Gasteiger partial charge is 0.324 e. The van der Waals surface area contributed by atoms with Crippen LogP contribution >= 0.6 is 0 Å². The van der Waals surface area contributed by atoms with Crippen molar-refractivity contribution in [3.8, 4) is 0 Å². The van der Waals surface area contributed by atoms with Crippen LogP contribution in [0.2, 0.25) is 0 Å². The third kappa shape index (κ3) is 3.74. The Labute approximate surface area is 116 Å². The van der Waals surface area contributed by atoms with Gasteiger partial charge in [-0.25, -0.2) is 14.4 Å². The maximum Gasteiger partial charge on any atom is 0.433 e. The van der Waals surface area contributed by atoms with E-state index in [1.165, 1.54) is 18.2 Å². The van der Waals surface area contributed by atoms with Gasteiger partial charge in [0.05, 0.1) is 0 Å². The molecule has 21 heavy (non-hydrogen) atoms. The summed E-state index contributed by atoms with van der Waals surface area (Å²) < 4.78 is 51.6. The Morgan fingerprint density at radius 1 is 1.29 bits per heavy atom. The van der Waals surface area contributed by atoms with E-state index < -0.39 is 24.1 Å². The fraction of sp³-hybridized carbons (Fsp3) is 0.154. The van der Waals surface area contributed by atoms with E-state index in [2.05, 4.69) is 15.3 Å². The van der Waals surface area contributed by atoms with Crippen LogP contribution in [0.4, 0.5) is 29.2 Å². The monoisotopic (exact) mass is 299 g/mol. The van der Waals surface area contributed by atoms with Gasteiger partial charge in [0.1, 0.15) is 12.1 Å². The van der Waals surface area contributed by atoms with Crippen molar-refractivity contribution in [1.29, 1.82) is 0 Å². The van der Waals surface area contributed by atoms with E-state index in [-0.39, 0.29) is 17.2 Å². The number of anilines is 2. The van der Waals surface area contributed by atoms with Crippen LogP contribution in [-0.2, 0) is 17.4 Å². The molecule has 0 fully saturated rings. The van der Waals surface area contributed by atoms with Crippen LogP contribution in [0.15, 0.2) is 30.5 Å². The van der Waals surface area contributed by atoms with Gasteiger partial charge in [0, 0.05) is 23.9 Å². The van der Waals surface area contributed by atoms with Crippen molar-refractivity contribution >= 4 is 17.9 Å². The summed E-state index contributed by atoms with van der Waals surface area (Å²) in [4.78, 5) is 17.4. The molecule has 0 bridgehead atoms. The van der Waals surface area contributed by atoms with Gasteiger partial charge in [0.2, 0.25) is 5.95 Å². The highest BCUT2D eigenvalue weighted by Crippen LogP contribution is 2.31. The molecule has 0 radical (unpaired) electrons. The summed E-state index contributed by atoms with van der Waals surface area (Å²) in [6, 6.07) is 5.14. The molecule has 0 atom stereocenters. The van der Waals surface area contributed by atoms with Crippen molar-refractivity contribution in [3.05, 3.63) is 47.5 Å². The Bertz CT molecular complexity index is 658. The molecule has 4 nitrogen and oxygen atoms in total. The molecule has 1 aromatic carbocycles. The van der Waals surface area contributed by atoms with Crippen LogP contribution < -0.4 is 5.32 Å². The Balaban J connectivity index is 2.35. The first kappa shape index (κ1) is 14.9. The topological polar surface area (TPSA) is 54.9 Å². The minimum atomic E-state index is -4.71. The van der Waals surface area contributed by atoms with Crippen molar-refractivity contribution in [2.45, 2.75) is 12.6 Å². The molecule has 1 N–H and O–H groups in total. The van der Waals surface area contributed by atoms with Crippen LogP contribution in [0.3, 0.4) is 0 Å². The molecule has 0 amide bonds. The standard InChI is InChI=1S/C13H9F4N3O/c14-9-2-1-3-10(6-9)19-12-18-7-8(4-5-21)11(20-12)13(15,16)17/h1-3,5-7H,4H2,(H,18,19,20). The van der Waals surface area contributed by atoms with Gasteiger partial charge in [-0.2, -0.15) is 13.2 Å². The number of halogens is 4. The summed E-state index contributed by atoms with van der Waals surface area (Å²) in [6.45, 7) is 0. The largest absolute Gasteiger partial charge is 0.433 e. The first-order valence-corrected chi connectivity index (χ1v) is 5.79. The summed E-state index contributed by atoms with van der Waals surface area (Å²) in [7, 11) is 0. The molecule has 0 aliphatic heterocycles. The van der Waals surface area contributed by atoms with E-state index >= 15 is 0 Å². The molecular weight excluding hydrogens is 290 g/mol. The molecule has 0 spiro atoms. The predicted molar refractivity (Wildman–Crippen MR) is 66.5 cm³/mol. The van der Waals surface area contributed by atoms with Gasteiger partial charge in [-0.1, -0.05) is 6.07 Å². The second kappa shape index (κ2) is 5.86. The first-order chi connectivity index (χ1) is 9.90. The van der Waals surface area contributed by atoms with E-state index in [9.17, 15) is 22.4 Å². The number of benzene rings is 1. The molecule has 2 aromatic rings. The number of alkyl halides is 3. The minimum absolute atomic E-state index is 0.214. The van der Waals surface area contributed by atoms with Gasteiger partial charge >= 0.3 is 6.18 Å². The molecule has 0 saturated carbocycles. The Morgan fingerprint density at radius 2 is 2.05 bits per heavy atom. The molecule has 110 valence electrons. The number of carbonyl (C=O) groups excluding carboxylic acids is 1. The predicted octanol–water partition coefficient (Wildman–Crippen LogP) is 3.12. The van der Waals surface area contributed by atoms with Gasteiger partial charge in [-0.05, 0) is 18.2 Å². The number of nitrogens with zero attached hydrogens (tertiary/aromatic N) is 2. The molecule has 2 rings (SSSR count). The lowest BCUT2D eigenvalue weighted by molar-refractivity contribution is -0.141. The molecule has 8 heteroatoms. The molecular formula is C13H9F4N3O. The van der Waals surface area contributed by atoms with Gasteiger partial charge in [-0.3, -0.25) is 0 Å². The van der Waals surface area contributed by atoms with E-state index in [0.29, 0.717) is 6.29 Å².